The largest absolute Gasteiger partial charge is 0.443 e. The molecule has 0 radical (unpaired) electrons. The highest BCUT2D eigenvalue weighted by Crippen LogP contribution is 2.26. The van der Waals surface area contributed by atoms with Gasteiger partial charge in [0.1, 0.15) is 6.10 Å². The van der Waals surface area contributed by atoms with Crippen LogP contribution >= 0.6 is 0 Å². The predicted octanol–water partition coefficient (Wildman–Crippen LogP) is 1.88. The van der Waals surface area contributed by atoms with Crippen LogP contribution in [0.1, 0.15) is 5.89 Å². The first-order valence-corrected chi connectivity index (χ1v) is 11.8. The van der Waals surface area contributed by atoms with E-state index in [4.69, 9.17) is 9.26 Å². The Kier molecular flexibility index (Phi) is 6.33. The lowest BCUT2D eigenvalue weighted by Gasteiger charge is -2.34. The van der Waals surface area contributed by atoms with Crippen molar-refractivity contribution < 1.29 is 35.6 Å². The average Bonchev–Trinajstić information content (AvgIpc) is 3.32. The molecule has 1 aromatic carbocycles. The molecule has 2 aromatic rings. The van der Waals surface area contributed by atoms with Gasteiger partial charge in [-0.15, -0.1) is 0 Å². The Labute approximate surface area is 187 Å². The molecule has 10 nitrogen and oxygen atoms in total. The Morgan fingerprint density at radius 2 is 1.79 bits per heavy atom. The molecule has 4 rings (SSSR count). The summed E-state index contributed by atoms with van der Waals surface area (Å²) in [4.78, 5) is 19.9. The topological polar surface area (TPSA) is 109 Å². The van der Waals surface area contributed by atoms with E-state index < -0.39 is 34.1 Å². The van der Waals surface area contributed by atoms with Crippen LogP contribution in [0.2, 0.25) is 0 Å². The van der Waals surface area contributed by atoms with Crippen LogP contribution in [-0.2, 0) is 14.8 Å². The number of ether oxygens (including phenoxy) is 1. The van der Waals surface area contributed by atoms with Crippen molar-refractivity contribution in [3.05, 3.63) is 30.2 Å². The maximum Gasteiger partial charge on any atom is 0.414 e. The van der Waals surface area contributed by atoms with Gasteiger partial charge in [0.05, 0.1) is 6.54 Å². The lowest BCUT2D eigenvalue weighted by atomic mass is 10.2. The van der Waals surface area contributed by atoms with Crippen molar-refractivity contribution in [2.24, 2.45) is 0 Å². The molecule has 3 heterocycles. The molecular weight excluding hydrogens is 467 g/mol. The second-order valence-corrected chi connectivity index (χ2v) is 9.84. The highest BCUT2D eigenvalue weighted by Gasteiger charge is 2.40. The molecule has 0 bridgehead atoms. The summed E-state index contributed by atoms with van der Waals surface area (Å²) in [5, 5.41) is 3.85. The van der Waals surface area contributed by atoms with E-state index in [0.717, 1.165) is 9.87 Å². The minimum atomic E-state index is -4.78. The van der Waals surface area contributed by atoms with Crippen LogP contribution in [-0.4, -0.2) is 91.2 Å². The van der Waals surface area contributed by atoms with Gasteiger partial charge in [-0.1, -0.05) is 5.16 Å². The van der Waals surface area contributed by atoms with Gasteiger partial charge in [-0.2, -0.15) is 22.5 Å². The molecule has 2 saturated heterocycles. The summed E-state index contributed by atoms with van der Waals surface area (Å²) < 4.78 is 72.6. The fraction of sp³-hybridized carbons (Fsp3) is 0.526. The molecule has 1 atom stereocenters. The zero-order chi connectivity index (χ0) is 23.8. The third-order valence-electron chi connectivity index (χ3n) is 5.37. The van der Waals surface area contributed by atoms with Crippen molar-refractivity contribution in [1.82, 2.24) is 19.3 Å². The highest BCUT2D eigenvalue weighted by atomic mass is 32.2. The fourth-order valence-corrected chi connectivity index (χ4v) is 5.13. The first kappa shape index (κ1) is 23.4. The Balaban J connectivity index is 1.30. The number of piperazine rings is 1. The van der Waals surface area contributed by atoms with Gasteiger partial charge in [0, 0.05) is 50.9 Å². The predicted molar refractivity (Wildman–Crippen MR) is 110 cm³/mol. The number of aromatic nitrogens is 2. The standard InChI is InChI=1S/C19H22F3N5O5S/c1-13-23-17(24-32-13)14-2-4-15(5-3-14)27-11-16(31-18(27)28)10-25-6-8-26(9-7-25)33(29,30)12-19(20,21)22/h2-5,16H,6-12H2,1H3. The van der Waals surface area contributed by atoms with Crippen LogP contribution in [0.25, 0.3) is 11.4 Å². The zero-order valence-electron chi connectivity index (χ0n) is 17.7. The van der Waals surface area contributed by atoms with Gasteiger partial charge in [-0.05, 0) is 24.3 Å². The number of hydrogen-bond donors (Lipinski definition) is 0. The van der Waals surface area contributed by atoms with Crippen LogP contribution in [0.3, 0.4) is 0 Å². The molecule has 1 amide bonds. The maximum atomic E-state index is 12.5. The quantitative estimate of drug-likeness (QED) is 0.605. The van der Waals surface area contributed by atoms with E-state index in [1.165, 1.54) is 4.90 Å². The second-order valence-electron chi connectivity index (χ2n) is 7.87. The number of cyclic esters (lactones) is 1. The number of alkyl halides is 3. The number of nitrogens with zero attached hydrogens (tertiary/aromatic N) is 5. The summed E-state index contributed by atoms with van der Waals surface area (Å²) in [5.41, 5.74) is 1.37. The number of sulfonamides is 1. The van der Waals surface area contributed by atoms with Gasteiger partial charge in [-0.25, -0.2) is 13.2 Å². The lowest BCUT2D eigenvalue weighted by molar-refractivity contribution is -0.107. The van der Waals surface area contributed by atoms with Crippen molar-refractivity contribution >= 4 is 21.8 Å². The minimum absolute atomic E-state index is 0.0419. The number of amides is 1. The van der Waals surface area contributed by atoms with E-state index >= 15 is 0 Å². The lowest BCUT2D eigenvalue weighted by Crippen LogP contribution is -2.52. The van der Waals surface area contributed by atoms with E-state index in [0.29, 0.717) is 30.5 Å². The third kappa shape index (κ3) is 5.62. The van der Waals surface area contributed by atoms with E-state index in [2.05, 4.69) is 10.1 Å². The molecule has 1 unspecified atom stereocenters. The van der Waals surface area contributed by atoms with E-state index in [-0.39, 0.29) is 26.2 Å². The van der Waals surface area contributed by atoms with Gasteiger partial charge in [0.2, 0.25) is 21.7 Å². The first-order valence-electron chi connectivity index (χ1n) is 10.2. The first-order chi connectivity index (χ1) is 15.5. The molecule has 0 N–H and O–H groups in total. The number of rotatable bonds is 6. The summed E-state index contributed by atoms with van der Waals surface area (Å²) >= 11 is 0. The molecule has 2 fully saturated rings. The maximum absolute atomic E-state index is 12.5. The van der Waals surface area contributed by atoms with Gasteiger partial charge in [0.25, 0.3) is 0 Å². The molecule has 14 heteroatoms. The summed E-state index contributed by atoms with van der Waals surface area (Å²) in [6.45, 7) is 2.77. The molecule has 0 spiro atoms. The fourth-order valence-electron chi connectivity index (χ4n) is 3.81. The molecule has 2 aliphatic rings. The van der Waals surface area contributed by atoms with Crippen molar-refractivity contribution in [2.75, 3.05) is 49.9 Å². The van der Waals surface area contributed by atoms with Gasteiger partial charge >= 0.3 is 12.3 Å². The molecule has 0 aliphatic carbocycles. The van der Waals surface area contributed by atoms with Crippen molar-refractivity contribution in [3.8, 4) is 11.4 Å². The SMILES string of the molecule is Cc1nc(-c2ccc(N3CC(CN4CCN(S(=O)(=O)CC(F)(F)F)CC4)OC3=O)cc2)no1. The Bertz CT molecular complexity index is 1100. The van der Waals surface area contributed by atoms with E-state index in [9.17, 15) is 26.4 Å². The van der Waals surface area contributed by atoms with Gasteiger partial charge in [-0.3, -0.25) is 9.80 Å². The number of halogens is 3. The summed E-state index contributed by atoms with van der Waals surface area (Å²) in [7, 11) is -4.39. The van der Waals surface area contributed by atoms with Crippen LogP contribution < -0.4 is 4.90 Å². The van der Waals surface area contributed by atoms with Crippen molar-refractivity contribution in [3.63, 3.8) is 0 Å². The van der Waals surface area contributed by atoms with Crippen molar-refractivity contribution in [1.29, 1.82) is 0 Å². The number of benzene rings is 1. The Morgan fingerprint density at radius 1 is 1.12 bits per heavy atom. The summed E-state index contributed by atoms with van der Waals surface area (Å²) in [6, 6.07) is 7.02. The van der Waals surface area contributed by atoms with Crippen LogP contribution in [0.5, 0.6) is 0 Å². The van der Waals surface area contributed by atoms with E-state index in [1.807, 2.05) is 4.90 Å². The average molecular weight is 489 g/mol. The smallest absolute Gasteiger partial charge is 0.414 e. The highest BCUT2D eigenvalue weighted by molar-refractivity contribution is 7.89. The molecule has 33 heavy (non-hydrogen) atoms. The monoisotopic (exact) mass is 489 g/mol. The number of carbonyl (C=O) groups excluding carboxylic acids is 1. The summed E-state index contributed by atoms with van der Waals surface area (Å²) in [5.74, 6) is -0.975. The van der Waals surface area contributed by atoms with Crippen LogP contribution in [0.15, 0.2) is 28.8 Å². The van der Waals surface area contributed by atoms with E-state index in [1.54, 1.807) is 31.2 Å². The minimum Gasteiger partial charge on any atom is -0.443 e. The van der Waals surface area contributed by atoms with Gasteiger partial charge in [0.15, 0.2) is 5.75 Å². The molecule has 0 saturated carbocycles. The van der Waals surface area contributed by atoms with Gasteiger partial charge < -0.3 is 9.26 Å². The number of aryl methyl sites for hydroxylation is 1. The molecule has 2 aliphatic heterocycles. The molecular formula is C19H22F3N5O5S. The van der Waals surface area contributed by atoms with Crippen LogP contribution in [0.4, 0.5) is 23.7 Å². The Hall–Kier alpha value is -2.71. The molecule has 1 aromatic heterocycles. The number of anilines is 1. The second kappa shape index (κ2) is 8.91. The third-order valence-corrected chi connectivity index (χ3v) is 7.22. The number of hydrogen-bond acceptors (Lipinski definition) is 8. The summed E-state index contributed by atoms with van der Waals surface area (Å²) in [6.07, 6.45) is -5.73. The van der Waals surface area contributed by atoms with Crippen LogP contribution in [0, 0.1) is 6.92 Å². The zero-order valence-corrected chi connectivity index (χ0v) is 18.5. The Morgan fingerprint density at radius 3 is 2.36 bits per heavy atom. The normalized spacial score (nSPS) is 20.9. The molecule has 180 valence electrons. The number of carbonyl (C=O) groups is 1. The van der Waals surface area contributed by atoms with Crippen molar-refractivity contribution in [2.45, 2.75) is 19.2 Å².